The van der Waals surface area contributed by atoms with Crippen molar-refractivity contribution in [3.63, 3.8) is 0 Å². The molecule has 0 saturated heterocycles. The number of aliphatic hydroxyl groups excluding tert-OH is 1. The Labute approximate surface area is 82.9 Å². The largest absolute Gasteiger partial charge is 0.392 e. The van der Waals surface area contributed by atoms with Gasteiger partial charge in [-0.2, -0.15) is 0 Å². The third kappa shape index (κ3) is 2.85. The number of rotatable bonds is 3. The van der Waals surface area contributed by atoms with Gasteiger partial charge in [0.05, 0.1) is 16.9 Å². The van der Waals surface area contributed by atoms with Crippen molar-refractivity contribution in [1.82, 2.24) is 0 Å². The second kappa shape index (κ2) is 4.77. The first kappa shape index (κ1) is 10.7. The highest BCUT2D eigenvalue weighted by Crippen LogP contribution is 2.10. The number of sulfone groups is 1. The number of benzene rings is 1. The van der Waals surface area contributed by atoms with Crippen LogP contribution in [0.15, 0.2) is 52.4 Å². The molecule has 0 radical (unpaired) electrons. The maximum atomic E-state index is 11.5. The van der Waals surface area contributed by atoms with E-state index in [0.717, 1.165) is 5.41 Å². The summed E-state index contributed by atoms with van der Waals surface area (Å²) in [6, 6.07) is 8.05. The normalized spacial score (nSPS) is 10.4. The van der Waals surface area contributed by atoms with Crippen molar-refractivity contribution >= 4 is 9.84 Å². The molecular formula is C10H10O3S. The first-order chi connectivity index (χ1) is 6.67. The van der Waals surface area contributed by atoms with Crippen LogP contribution in [0.2, 0.25) is 0 Å². The molecule has 0 bridgehead atoms. The van der Waals surface area contributed by atoms with E-state index in [1.807, 2.05) is 0 Å². The fraction of sp³-hybridized carbons (Fsp3) is 0.100. The van der Waals surface area contributed by atoms with Crippen molar-refractivity contribution in [2.45, 2.75) is 4.90 Å². The molecule has 1 rings (SSSR count). The summed E-state index contributed by atoms with van der Waals surface area (Å²) in [6.45, 7) is -0.221. The smallest absolute Gasteiger partial charge is 0.207 e. The van der Waals surface area contributed by atoms with E-state index in [4.69, 9.17) is 5.11 Å². The molecule has 4 heteroatoms. The Kier molecular flexibility index (Phi) is 3.65. The third-order valence-corrected chi connectivity index (χ3v) is 2.88. The van der Waals surface area contributed by atoms with E-state index in [1.54, 1.807) is 18.2 Å². The van der Waals surface area contributed by atoms with E-state index >= 15 is 0 Å². The molecule has 0 saturated carbocycles. The van der Waals surface area contributed by atoms with Gasteiger partial charge in [0.15, 0.2) is 0 Å². The SMILES string of the molecule is O=S(=O)(C=C=CCO)c1ccccc1. The summed E-state index contributed by atoms with van der Waals surface area (Å²) >= 11 is 0. The molecule has 1 aromatic rings. The molecule has 0 spiro atoms. The lowest BCUT2D eigenvalue weighted by Gasteiger charge is -1.95. The standard InChI is InChI=1S/C10H10O3S/c11-8-4-5-9-14(12,13)10-6-2-1-3-7-10/h1-4,6-7,9,11H,8H2. The summed E-state index contributed by atoms with van der Waals surface area (Å²) in [5.74, 6) is 0. The first-order valence-corrected chi connectivity index (χ1v) is 5.53. The highest BCUT2D eigenvalue weighted by Gasteiger charge is 2.07. The first-order valence-electron chi connectivity index (χ1n) is 3.99. The molecule has 74 valence electrons. The average molecular weight is 210 g/mol. The van der Waals surface area contributed by atoms with Crippen molar-refractivity contribution in [2.24, 2.45) is 0 Å². The van der Waals surface area contributed by atoms with Crippen LogP contribution < -0.4 is 0 Å². The van der Waals surface area contributed by atoms with E-state index in [1.165, 1.54) is 18.2 Å². The van der Waals surface area contributed by atoms with Crippen molar-refractivity contribution in [1.29, 1.82) is 0 Å². The minimum Gasteiger partial charge on any atom is -0.392 e. The quantitative estimate of drug-likeness (QED) is 0.761. The summed E-state index contributed by atoms with van der Waals surface area (Å²) in [7, 11) is -3.41. The van der Waals surface area contributed by atoms with Crippen LogP contribution in [-0.4, -0.2) is 20.1 Å². The van der Waals surface area contributed by atoms with Gasteiger partial charge in [-0.05, 0) is 18.2 Å². The van der Waals surface area contributed by atoms with Crippen molar-refractivity contribution in [3.05, 3.63) is 47.5 Å². The average Bonchev–Trinajstić information content (AvgIpc) is 2.19. The molecule has 1 N–H and O–H groups in total. The predicted molar refractivity (Wildman–Crippen MR) is 53.4 cm³/mol. The van der Waals surface area contributed by atoms with Crippen LogP contribution in [0.3, 0.4) is 0 Å². The molecule has 0 aliphatic heterocycles. The second-order valence-electron chi connectivity index (χ2n) is 2.53. The van der Waals surface area contributed by atoms with Gasteiger partial charge in [-0.3, -0.25) is 0 Å². The Bertz CT molecular complexity index is 440. The van der Waals surface area contributed by atoms with E-state index in [-0.39, 0.29) is 11.5 Å². The van der Waals surface area contributed by atoms with Gasteiger partial charge in [0.25, 0.3) is 0 Å². The summed E-state index contributed by atoms with van der Waals surface area (Å²) in [6.07, 6.45) is 1.24. The highest BCUT2D eigenvalue weighted by atomic mass is 32.2. The third-order valence-electron chi connectivity index (χ3n) is 1.50. The summed E-state index contributed by atoms with van der Waals surface area (Å²) in [4.78, 5) is 0.221. The zero-order chi connectivity index (χ0) is 10.4. The van der Waals surface area contributed by atoms with Gasteiger partial charge in [0.2, 0.25) is 9.84 Å². The van der Waals surface area contributed by atoms with Crippen molar-refractivity contribution in [3.8, 4) is 0 Å². The Morgan fingerprint density at radius 1 is 1.29 bits per heavy atom. The van der Waals surface area contributed by atoms with Gasteiger partial charge in [0, 0.05) is 0 Å². The van der Waals surface area contributed by atoms with E-state index in [2.05, 4.69) is 5.73 Å². The van der Waals surface area contributed by atoms with Gasteiger partial charge in [-0.15, -0.1) is 5.73 Å². The summed E-state index contributed by atoms with van der Waals surface area (Å²) < 4.78 is 23.0. The predicted octanol–water partition coefficient (Wildman–Crippen LogP) is 1.12. The van der Waals surface area contributed by atoms with Crippen LogP contribution in [0.1, 0.15) is 0 Å². The molecule has 0 atom stereocenters. The molecule has 14 heavy (non-hydrogen) atoms. The Hall–Kier alpha value is -1.35. The number of aliphatic hydroxyl groups is 1. The molecule has 0 unspecified atom stereocenters. The maximum Gasteiger partial charge on any atom is 0.207 e. The van der Waals surface area contributed by atoms with Gasteiger partial charge in [0.1, 0.15) is 0 Å². The zero-order valence-corrected chi connectivity index (χ0v) is 8.24. The zero-order valence-electron chi connectivity index (χ0n) is 7.42. The van der Waals surface area contributed by atoms with Crippen molar-refractivity contribution in [2.75, 3.05) is 6.61 Å². The molecule has 0 fully saturated rings. The van der Waals surface area contributed by atoms with Crippen LogP contribution >= 0.6 is 0 Å². The lowest BCUT2D eigenvalue weighted by molar-refractivity contribution is 0.343. The van der Waals surface area contributed by atoms with Gasteiger partial charge in [-0.25, -0.2) is 8.42 Å². The summed E-state index contributed by atoms with van der Waals surface area (Å²) in [5.41, 5.74) is 2.39. The molecule has 0 aliphatic carbocycles. The fourth-order valence-electron chi connectivity index (χ4n) is 0.869. The Morgan fingerprint density at radius 3 is 2.50 bits per heavy atom. The van der Waals surface area contributed by atoms with Crippen LogP contribution in [0, 0.1) is 0 Å². The van der Waals surface area contributed by atoms with Crippen LogP contribution in [0.25, 0.3) is 0 Å². The minimum atomic E-state index is -3.41. The van der Waals surface area contributed by atoms with Crippen LogP contribution in [-0.2, 0) is 9.84 Å². The number of hydrogen-bond donors (Lipinski definition) is 1. The van der Waals surface area contributed by atoms with Gasteiger partial charge in [-0.1, -0.05) is 18.2 Å². The maximum absolute atomic E-state index is 11.5. The molecule has 0 amide bonds. The fourth-order valence-corrected chi connectivity index (χ4v) is 1.82. The molecule has 0 aromatic heterocycles. The topological polar surface area (TPSA) is 54.4 Å². The molecular weight excluding hydrogens is 200 g/mol. The molecule has 0 heterocycles. The van der Waals surface area contributed by atoms with E-state index in [9.17, 15) is 8.42 Å². The lowest BCUT2D eigenvalue weighted by atomic mass is 10.4. The second-order valence-corrected chi connectivity index (χ2v) is 4.33. The molecule has 0 aliphatic rings. The molecule has 1 aromatic carbocycles. The summed E-state index contributed by atoms with van der Waals surface area (Å²) in [5, 5.41) is 9.34. The van der Waals surface area contributed by atoms with Crippen LogP contribution in [0.4, 0.5) is 0 Å². The van der Waals surface area contributed by atoms with Crippen molar-refractivity contribution < 1.29 is 13.5 Å². The Balaban J connectivity index is 3.05. The molecule has 3 nitrogen and oxygen atoms in total. The van der Waals surface area contributed by atoms with E-state index < -0.39 is 9.84 Å². The van der Waals surface area contributed by atoms with Crippen LogP contribution in [0.5, 0.6) is 0 Å². The van der Waals surface area contributed by atoms with Gasteiger partial charge >= 0.3 is 0 Å². The van der Waals surface area contributed by atoms with E-state index in [0.29, 0.717) is 0 Å². The minimum absolute atomic E-state index is 0.221. The Morgan fingerprint density at radius 2 is 1.93 bits per heavy atom. The number of hydrogen-bond acceptors (Lipinski definition) is 3. The lowest BCUT2D eigenvalue weighted by Crippen LogP contribution is -1.94. The highest BCUT2D eigenvalue weighted by molar-refractivity contribution is 7.94. The van der Waals surface area contributed by atoms with Gasteiger partial charge < -0.3 is 5.11 Å². The monoisotopic (exact) mass is 210 g/mol.